The first-order chi connectivity index (χ1) is 8.54. The average Bonchev–Trinajstić information content (AvgIpc) is 2.33. The van der Waals surface area contributed by atoms with E-state index in [0.29, 0.717) is 0 Å². The quantitative estimate of drug-likeness (QED) is 0.531. The molecule has 1 N–H and O–H groups in total. The molecule has 0 aromatic carbocycles. The predicted octanol–water partition coefficient (Wildman–Crippen LogP) is 5.25. The van der Waals surface area contributed by atoms with E-state index in [9.17, 15) is 0 Å². The lowest BCUT2D eigenvalue weighted by Crippen LogP contribution is -2.37. The Bertz CT molecular complexity index is 176. The average molecular weight is 255 g/mol. The molecule has 0 rings (SSSR count). The molecule has 18 heavy (non-hydrogen) atoms. The van der Waals surface area contributed by atoms with Crippen LogP contribution in [0.25, 0.3) is 0 Å². The minimum atomic E-state index is 0.738. The van der Waals surface area contributed by atoms with Crippen LogP contribution in [-0.2, 0) is 0 Å². The highest BCUT2D eigenvalue weighted by Gasteiger charge is 2.20. The first-order valence-electron chi connectivity index (χ1n) is 8.28. The highest BCUT2D eigenvalue weighted by Crippen LogP contribution is 2.24. The molecule has 110 valence electrons. The van der Waals surface area contributed by atoms with Crippen LogP contribution < -0.4 is 5.32 Å². The molecule has 0 bridgehead atoms. The van der Waals surface area contributed by atoms with Crippen LogP contribution in [0, 0.1) is 17.8 Å². The van der Waals surface area contributed by atoms with Crippen LogP contribution in [0.5, 0.6) is 0 Å². The van der Waals surface area contributed by atoms with Crippen molar-refractivity contribution in [3.05, 3.63) is 0 Å². The molecule has 0 spiro atoms. The van der Waals surface area contributed by atoms with Crippen LogP contribution in [0.1, 0.15) is 80.1 Å². The van der Waals surface area contributed by atoms with E-state index in [0.717, 1.165) is 30.3 Å². The monoisotopic (exact) mass is 255 g/mol. The Labute approximate surface area is 116 Å². The molecule has 0 aromatic rings. The Kier molecular flexibility index (Phi) is 10.8. The van der Waals surface area contributed by atoms with Crippen molar-refractivity contribution < 1.29 is 0 Å². The lowest BCUT2D eigenvalue weighted by Gasteiger charge is -2.29. The van der Waals surface area contributed by atoms with E-state index in [-0.39, 0.29) is 0 Å². The van der Waals surface area contributed by atoms with E-state index in [2.05, 4.69) is 46.9 Å². The van der Waals surface area contributed by atoms with Crippen LogP contribution in [0.2, 0.25) is 0 Å². The summed E-state index contributed by atoms with van der Waals surface area (Å²) in [5.74, 6) is 2.58. The minimum absolute atomic E-state index is 0.738. The molecule has 0 aliphatic rings. The molecule has 0 radical (unpaired) electrons. The zero-order valence-electron chi connectivity index (χ0n) is 13.8. The topological polar surface area (TPSA) is 12.0 Å². The molecule has 0 aromatic heterocycles. The van der Waals surface area contributed by atoms with Crippen LogP contribution >= 0.6 is 0 Å². The van der Waals surface area contributed by atoms with Gasteiger partial charge in [0.15, 0.2) is 0 Å². The summed E-state index contributed by atoms with van der Waals surface area (Å²) in [7, 11) is 0. The molecule has 0 saturated carbocycles. The van der Waals surface area contributed by atoms with Gasteiger partial charge >= 0.3 is 0 Å². The van der Waals surface area contributed by atoms with E-state index in [4.69, 9.17) is 0 Å². The lowest BCUT2D eigenvalue weighted by atomic mass is 9.84. The third-order valence-electron chi connectivity index (χ3n) is 4.27. The second-order valence-electron chi connectivity index (χ2n) is 6.41. The smallest absolute Gasteiger partial charge is 0.00976 e. The Balaban J connectivity index is 4.23. The highest BCUT2D eigenvalue weighted by molar-refractivity contribution is 4.77. The fourth-order valence-corrected chi connectivity index (χ4v) is 2.78. The second kappa shape index (κ2) is 10.8. The van der Waals surface area contributed by atoms with Crippen molar-refractivity contribution in [3.8, 4) is 0 Å². The fraction of sp³-hybridized carbons (Fsp3) is 1.00. The summed E-state index contributed by atoms with van der Waals surface area (Å²) in [5.41, 5.74) is 0. The standard InChI is InChI=1S/C17H37N/c1-7-15(6)13-17(18-9-3)16(8-2)12-10-11-14(4)5/h14-18H,7-13H2,1-6H3. The summed E-state index contributed by atoms with van der Waals surface area (Å²) < 4.78 is 0. The highest BCUT2D eigenvalue weighted by atomic mass is 14.9. The van der Waals surface area contributed by atoms with Gasteiger partial charge in [-0.1, -0.05) is 67.2 Å². The van der Waals surface area contributed by atoms with E-state index >= 15 is 0 Å². The van der Waals surface area contributed by atoms with E-state index in [1.165, 1.54) is 38.5 Å². The van der Waals surface area contributed by atoms with Crippen molar-refractivity contribution >= 4 is 0 Å². The van der Waals surface area contributed by atoms with Crippen molar-refractivity contribution in [3.63, 3.8) is 0 Å². The Morgan fingerprint density at radius 1 is 0.889 bits per heavy atom. The predicted molar refractivity (Wildman–Crippen MR) is 84.0 cm³/mol. The van der Waals surface area contributed by atoms with Gasteiger partial charge in [-0.3, -0.25) is 0 Å². The summed E-state index contributed by atoms with van der Waals surface area (Å²) in [6.45, 7) is 15.1. The molecule has 1 heteroatoms. The molecule has 0 fully saturated rings. The Morgan fingerprint density at radius 2 is 1.56 bits per heavy atom. The summed E-state index contributed by atoms with van der Waals surface area (Å²) in [6.07, 6.45) is 8.18. The molecule has 0 aliphatic carbocycles. The van der Waals surface area contributed by atoms with Crippen LogP contribution in [-0.4, -0.2) is 12.6 Å². The van der Waals surface area contributed by atoms with Gasteiger partial charge in [-0.15, -0.1) is 0 Å². The molecule has 0 aliphatic heterocycles. The maximum atomic E-state index is 3.74. The lowest BCUT2D eigenvalue weighted by molar-refractivity contribution is 0.270. The zero-order chi connectivity index (χ0) is 14.0. The largest absolute Gasteiger partial charge is 0.314 e. The molecule has 0 heterocycles. The van der Waals surface area contributed by atoms with Crippen LogP contribution in [0.15, 0.2) is 0 Å². The summed E-state index contributed by atoms with van der Waals surface area (Å²) in [4.78, 5) is 0. The van der Waals surface area contributed by atoms with Gasteiger partial charge in [0, 0.05) is 6.04 Å². The fourth-order valence-electron chi connectivity index (χ4n) is 2.78. The normalized spacial score (nSPS) is 16.8. The summed E-state index contributed by atoms with van der Waals surface area (Å²) in [6, 6.07) is 0.738. The Morgan fingerprint density at radius 3 is 2.00 bits per heavy atom. The number of rotatable bonds is 11. The number of hydrogen-bond acceptors (Lipinski definition) is 1. The van der Waals surface area contributed by atoms with Gasteiger partial charge in [0.05, 0.1) is 0 Å². The van der Waals surface area contributed by atoms with Gasteiger partial charge in [-0.05, 0) is 37.1 Å². The molecule has 1 nitrogen and oxygen atoms in total. The van der Waals surface area contributed by atoms with Gasteiger partial charge in [0.2, 0.25) is 0 Å². The van der Waals surface area contributed by atoms with Crippen molar-refractivity contribution in [2.24, 2.45) is 17.8 Å². The first-order valence-corrected chi connectivity index (χ1v) is 8.28. The maximum Gasteiger partial charge on any atom is 0.00976 e. The molecule has 0 amide bonds. The summed E-state index contributed by atoms with van der Waals surface area (Å²) in [5, 5.41) is 3.74. The minimum Gasteiger partial charge on any atom is -0.314 e. The van der Waals surface area contributed by atoms with Crippen molar-refractivity contribution in [1.29, 1.82) is 0 Å². The SMILES string of the molecule is CCNC(CC(C)CC)C(CC)CCCC(C)C. The third kappa shape index (κ3) is 8.13. The van der Waals surface area contributed by atoms with Gasteiger partial charge in [0.1, 0.15) is 0 Å². The molecule has 3 atom stereocenters. The van der Waals surface area contributed by atoms with Crippen molar-refractivity contribution in [1.82, 2.24) is 5.32 Å². The van der Waals surface area contributed by atoms with E-state index < -0.39 is 0 Å². The molecular formula is C17H37N. The number of hydrogen-bond donors (Lipinski definition) is 1. The van der Waals surface area contributed by atoms with Crippen LogP contribution in [0.4, 0.5) is 0 Å². The van der Waals surface area contributed by atoms with Crippen LogP contribution in [0.3, 0.4) is 0 Å². The second-order valence-corrected chi connectivity index (χ2v) is 6.41. The molecular weight excluding hydrogens is 218 g/mol. The van der Waals surface area contributed by atoms with Gasteiger partial charge in [-0.2, -0.15) is 0 Å². The number of nitrogens with one attached hydrogen (secondary N) is 1. The molecule has 3 unspecified atom stereocenters. The molecule has 0 saturated heterocycles. The van der Waals surface area contributed by atoms with Gasteiger partial charge < -0.3 is 5.32 Å². The van der Waals surface area contributed by atoms with E-state index in [1.807, 2.05) is 0 Å². The van der Waals surface area contributed by atoms with Crippen molar-refractivity contribution in [2.75, 3.05) is 6.54 Å². The summed E-state index contributed by atoms with van der Waals surface area (Å²) >= 11 is 0. The third-order valence-corrected chi connectivity index (χ3v) is 4.27. The van der Waals surface area contributed by atoms with Crippen molar-refractivity contribution in [2.45, 2.75) is 86.1 Å². The van der Waals surface area contributed by atoms with E-state index in [1.54, 1.807) is 0 Å². The maximum absolute atomic E-state index is 3.74. The Hall–Kier alpha value is -0.0400. The first kappa shape index (κ1) is 18.0. The van der Waals surface area contributed by atoms with Gasteiger partial charge in [-0.25, -0.2) is 0 Å². The van der Waals surface area contributed by atoms with Gasteiger partial charge in [0.25, 0.3) is 0 Å². The zero-order valence-corrected chi connectivity index (χ0v) is 13.8.